The number of carbonyl (C=O) groups excluding carboxylic acids is 1. The van der Waals surface area contributed by atoms with Gasteiger partial charge in [-0.15, -0.1) is 0 Å². The predicted octanol–water partition coefficient (Wildman–Crippen LogP) is 4.35. The van der Waals surface area contributed by atoms with Crippen molar-refractivity contribution in [1.29, 1.82) is 0 Å². The molecule has 138 valence electrons. The summed E-state index contributed by atoms with van der Waals surface area (Å²) < 4.78 is 5.12. The van der Waals surface area contributed by atoms with Crippen LogP contribution in [0.3, 0.4) is 0 Å². The number of phenols is 1. The first-order valence-corrected chi connectivity index (χ1v) is 8.92. The molecule has 0 saturated heterocycles. The summed E-state index contributed by atoms with van der Waals surface area (Å²) in [7, 11) is 1.51. The maximum absolute atomic E-state index is 12.5. The molecule has 0 atom stereocenters. The Balaban J connectivity index is 1.69. The Labute approximate surface area is 159 Å². The Morgan fingerprint density at radius 3 is 2.11 bits per heavy atom. The Morgan fingerprint density at radius 1 is 0.963 bits per heavy atom. The number of aromatic hydroxyl groups is 1. The van der Waals surface area contributed by atoms with Crippen LogP contribution in [0.2, 0.25) is 0 Å². The van der Waals surface area contributed by atoms with Crippen molar-refractivity contribution in [1.82, 2.24) is 5.32 Å². The van der Waals surface area contributed by atoms with Crippen molar-refractivity contribution in [3.63, 3.8) is 0 Å². The molecule has 4 heteroatoms. The number of benzene rings is 3. The van der Waals surface area contributed by atoms with E-state index in [0.29, 0.717) is 24.3 Å². The highest BCUT2D eigenvalue weighted by Crippen LogP contribution is 2.23. The summed E-state index contributed by atoms with van der Waals surface area (Å²) in [5.74, 6) is 0.450. The van der Waals surface area contributed by atoms with Gasteiger partial charge in [0.05, 0.1) is 13.2 Å². The summed E-state index contributed by atoms with van der Waals surface area (Å²) in [5, 5.41) is 13.2. The maximum atomic E-state index is 12.5. The topological polar surface area (TPSA) is 58.6 Å². The number of nitrogens with one attached hydrogen (secondary N) is 1. The first-order valence-electron chi connectivity index (χ1n) is 8.92. The van der Waals surface area contributed by atoms with Crippen molar-refractivity contribution in [2.75, 3.05) is 13.7 Å². The number of methoxy groups -OCH3 is 1. The van der Waals surface area contributed by atoms with Crippen molar-refractivity contribution in [2.24, 2.45) is 0 Å². The van der Waals surface area contributed by atoms with Gasteiger partial charge in [0.1, 0.15) is 11.5 Å². The van der Waals surface area contributed by atoms with Crippen LogP contribution in [-0.2, 0) is 0 Å². The molecule has 0 saturated carbocycles. The number of phenolic OH excluding ortho intramolecular Hbond substituents is 1. The number of ketones is 1. The molecule has 0 unspecified atom stereocenters. The van der Waals surface area contributed by atoms with Gasteiger partial charge in [-0.05, 0) is 23.3 Å². The zero-order valence-electron chi connectivity index (χ0n) is 15.3. The summed E-state index contributed by atoms with van der Waals surface area (Å²) in [4.78, 5) is 12.5. The van der Waals surface area contributed by atoms with Gasteiger partial charge in [0, 0.05) is 24.6 Å². The van der Waals surface area contributed by atoms with Gasteiger partial charge < -0.3 is 15.2 Å². The predicted molar refractivity (Wildman–Crippen MR) is 106 cm³/mol. The number of hydrogen-bond acceptors (Lipinski definition) is 4. The van der Waals surface area contributed by atoms with Crippen LogP contribution < -0.4 is 10.1 Å². The molecule has 0 spiro atoms. The number of rotatable bonds is 8. The van der Waals surface area contributed by atoms with Crippen molar-refractivity contribution < 1.29 is 14.6 Å². The fourth-order valence-electron chi connectivity index (χ4n) is 3.06. The molecule has 2 N–H and O–H groups in total. The van der Waals surface area contributed by atoms with E-state index in [-0.39, 0.29) is 17.6 Å². The number of Topliss-reactive ketones (excluding diaryl/α,β-unsaturated/α-hetero) is 1. The lowest BCUT2D eigenvalue weighted by Crippen LogP contribution is -2.25. The lowest BCUT2D eigenvalue weighted by molar-refractivity contribution is 0.0981. The molecule has 0 aliphatic rings. The van der Waals surface area contributed by atoms with Gasteiger partial charge in [-0.1, -0.05) is 60.7 Å². The number of ether oxygens (including phenoxy) is 1. The molecule has 3 rings (SSSR count). The Kier molecular flexibility index (Phi) is 6.23. The third-order valence-corrected chi connectivity index (χ3v) is 4.42. The van der Waals surface area contributed by atoms with Gasteiger partial charge in [0.2, 0.25) is 0 Å². The molecule has 3 aromatic rings. The van der Waals surface area contributed by atoms with Crippen molar-refractivity contribution >= 4 is 5.78 Å². The third-order valence-electron chi connectivity index (χ3n) is 4.42. The summed E-state index contributed by atoms with van der Waals surface area (Å²) in [6.45, 7) is 0.519. The van der Waals surface area contributed by atoms with Crippen molar-refractivity contribution in [3.8, 4) is 11.5 Å². The quantitative estimate of drug-likeness (QED) is 0.586. The molecular weight excluding hydrogens is 338 g/mol. The summed E-state index contributed by atoms with van der Waals surface area (Å²) >= 11 is 0. The van der Waals surface area contributed by atoms with Gasteiger partial charge in [-0.3, -0.25) is 4.79 Å². The smallest absolute Gasteiger partial charge is 0.164 e. The Bertz CT molecular complexity index is 839. The van der Waals surface area contributed by atoms with E-state index >= 15 is 0 Å². The van der Waals surface area contributed by atoms with Crippen molar-refractivity contribution in [2.45, 2.75) is 12.5 Å². The molecule has 0 aromatic heterocycles. The molecular formula is C23H23NO3. The summed E-state index contributed by atoms with van der Waals surface area (Å²) in [5.41, 5.74) is 2.75. The first kappa shape index (κ1) is 18.7. The van der Waals surface area contributed by atoms with Gasteiger partial charge in [-0.25, -0.2) is 0 Å². The molecule has 3 aromatic carbocycles. The van der Waals surface area contributed by atoms with E-state index in [1.165, 1.54) is 19.2 Å². The Hall–Kier alpha value is -3.11. The zero-order valence-corrected chi connectivity index (χ0v) is 15.3. The van der Waals surface area contributed by atoms with Crippen LogP contribution in [-0.4, -0.2) is 24.5 Å². The average Bonchev–Trinajstić information content (AvgIpc) is 2.72. The minimum absolute atomic E-state index is 0.0129. The molecule has 0 aliphatic carbocycles. The standard InChI is InChI=1S/C23H23NO3/c1-27-21-15-19(14-20(25)16-21)22(26)12-13-24-23(17-8-4-2-5-9-17)18-10-6-3-7-11-18/h2-11,14-16,23-25H,12-13H2,1H3. The monoisotopic (exact) mass is 361 g/mol. The summed E-state index contributed by atoms with van der Waals surface area (Å²) in [6, 6.07) is 24.9. The molecule has 27 heavy (non-hydrogen) atoms. The molecule has 0 fully saturated rings. The molecule has 0 aliphatic heterocycles. The zero-order chi connectivity index (χ0) is 19.1. The lowest BCUT2D eigenvalue weighted by atomic mass is 9.98. The van der Waals surface area contributed by atoms with Crippen LogP contribution in [0, 0.1) is 0 Å². The molecule has 0 radical (unpaired) electrons. The first-order chi connectivity index (χ1) is 13.2. The highest BCUT2D eigenvalue weighted by molar-refractivity contribution is 5.97. The second-order valence-corrected chi connectivity index (χ2v) is 6.30. The minimum atomic E-state index is -0.0448. The summed E-state index contributed by atoms with van der Waals surface area (Å²) in [6.07, 6.45) is 0.322. The highest BCUT2D eigenvalue weighted by Gasteiger charge is 2.15. The Morgan fingerprint density at radius 2 is 1.56 bits per heavy atom. The van der Waals surface area contributed by atoms with E-state index in [9.17, 15) is 9.90 Å². The van der Waals surface area contributed by atoms with Crippen molar-refractivity contribution in [3.05, 3.63) is 95.6 Å². The fraction of sp³-hybridized carbons (Fsp3) is 0.174. The average molecular weight is 361 g/mol. The van der Waals surface area contributed by atoms with E-state index < -0.39 is 0 Å². The van der Waals surface area contributed by atoms with Crippen LogP contribution in [0.1, 0.15) is 33.9 Å². The second kappa shape index (κ2) is 9.01. The number of hydrogen-bond donors (Lipinski definition) is 2. The van der Waals surface area contributed by atoms with Crippen LogP contribution in [0.15, 0.2) is 78.9 Å². The number of carbonyl (C=O) groups is 1. The molecule has 0 bridgehead atoms. The maximum Gasteiger partial charge on any atom is 0.164 e. The third kappa shape index (κ3) is 4.96. The minimum Gasteiger partial charge on any atom is -0.508 e. The highest BCUT2D eigenvalue weighted by atomic mass is 16.5. The van der Waals surface area contributed by atoms with Gasteiger partial charge in [-0.2, -0.15) is 0 Å². The fourth-order valence-corrected chi connectivity index (χ4v) is 3.06. The van der Waals surface area contributed by atoms with Crippen LogP contribution in [0.25, 0.3) is 0 Å². The lowest BCUT2D eigenvalue weighted by Gasteiger charge is -2.20. The van der Waals surface area contributed by atoms with Crippen LogP contribution in [0.4, 0.5) is 0 Å². The van der Waals surface area contributed by atoms with Gasteiger partial charge >= 0.3 is 0 Å². The van der Waals surface area contributed by atoms with E-state index in [1.54, 1.807) is 6.07 Å². The largest absolute Gasteiger partial charge is 0.508 e. The second-order valence-electron chi connectivity index (χ2n) is 6.30. The van der Waals surface area contributed by atoms with E-state index in [2.05, 4.69) is 29.6 Å². The van der Waals surface area contributed by atoms with E-state index in [4.69, 9.17) is 4.74 Å². The molecule has 0 heterocycles. The van der Waals surface area contributed by atoms with Gasteiger partial charge in [0.25, 0.3) is 0 Å². The normalized spacial score (nSPS) is 10.7. The van der Waals surface area contributed by atoms with Gasteiger partial charge in [0.15, 0.2) is 5.78 Å². The van der Waals surface area contributed by atoms with Crippen LogP contribution >= 0.6 is 0 Å². The SMILES string of the molecule is COc1cc(O)cc(C(=O)CCNC(c2ccccc2)c2ccccc2)c1. The molecule has 4 nitrogen and oxygen atoms in total. The molecule has 0 amide bonds. The van der Waals surface area contributed by atoms with Crippen LogP contribution in [0.5, 0.6) is 11.5 Å². The van der Waals surface area contributed by atoms with E-state index in [0.717, 1.165) is 11.1 Å². The van der Waals surface area contributed by atoms with E-state index in [1.807, 2.05) is 36.4 Å².